The van der Waals surface area contributed by atoms with Crippen molar-refractivity contribution in [1.29, 1.82) is 0 Å². The largest absolute Gasteiger partial charge is 0.472 e. The number of carbonyl (C=O) groups is 1. The second-order valence-corrected chi connectivity index (χ2v) is 7.39. The van der Waals surface area contributed by atoms with Crippen LogP contribution in [0.2, 0.25) is 0 Å². The van der Waals surface area contributed by atoms with Crippen LogP contribution in [0.3, 0.4) is 0 Å². The van der Waals surface area contributed by atoms with Crippen molar-refractivity contribution in [3.8, 4) is 0 Å². The second-order valence-electron chi connectivity index (χ2n) is 7.39. The summed E-state index contributed by atoms with van der Waals surface area (Å²) in [4.78, 5) is 22.8. The van der Waals surface area contributed by atoms with E-state index in [0.29, 0.717) is 18.7 Å². The molecule has 1 unspecified atom stereocenters. The molecule has 1 spiro atoms. The Morgan fingerprint density at radius 1 is 1.28 bits per heavy atom. The Bertz CT molecular complexity index is 624. The molecule has 1 aromatic heterocycles. The number of oxime groups is 1. The van der Waals surface area contributed by atoms with Gasteiger partial charge < -0.3 is 19.5 Å². The van der Waals surface area contributed by atoms with Crippen molar-refractivity contribution in [2.75, 3.05) is 39.3 Å². The van der Waals surface area contributed by atoms with Crippen molar-refractivity contribution in [2.45, 2.75) is 37.8 Å². The van der Waals surface area contributed by atoms with Crippen LogP contribution in [-0.2, 0) is 16.2 Å². The van der Waals surface area contributed by atoms with Gasteiger partial charge in [0.1, 0.15) is 5.71 Å². The second kappa shape index (κ2) is 7.17. The van der Waals surface area contributed by atoms with Crippen molar-refractivity contribution >= 4 is 11.6 Å². The van der Waals surface area contributed by atoms with Gasteiger partial charge in [-0.05, 0) is 32.0 Å². The fourth-order valence-corrected chi connectivity index (χ4v) is 4.00. The molecule has 2 fully saturated rings. The lowest BCUT2D eigenvalue weighted by Gasteiger charge is -2.21. The molecule has 1 atom stereocenters. The zero-order valence-electron chi connectivity index (χ0n) is 14.6. The summed E-state index contributed by atoms with van der Waals surface area (Å²) in [6, 6.07) is 1.98. The van der Waals surface area contributed by atoms with E-state index in [2.05, 4.69) is 20.3 Å². The van der Waals surface area contributed by atoms with Crippen LogP contribution in [-0.4, -0.2) is 66.3 Å². The first-order chi connectivity index (χ1) is 12.2. The molecular formula is C18H26N4O3. The van der Waals surface area contributed by atoms with Gasteiger partial charge in [-0.2, -0.15) is 0 Å². The number of nitrogens with one attached hydrogen (secondary N) is 1. The topological polar surface area (TPSA) is 70.3 Å². The number of furan rings is 1. The molecule has 7 heteroatoms. The summed E-state index contributed by atoms with van der Waals surface area (Å²) in [7, 11) is 0. The van der Waals surface area contributed by atoms with Gasteiger partial charge in [-0.1, -0.05) is 5.16 Å². The van der Waals surface area contributed by atoms with Crippen LogP contribution >= 0.6 is 0 Å². The number of likely N-dealkylation sites (tertiary alicyclic amines) is 2. The number of carbonyl (C=O) groups excluding carboxylic acids is 1. The third-order valence-corrected chi connectivity index (χ3v) is 5.40. The highest BCUT2D eigenvalue weighted by atomic mass is 16.7. The SMILES string of the molecule is O=C(NCCN1CCCC1)C1=NOC2(CCN(Cc3ccoc3)C2)C1. The fourth-order valence-electron chi connectivity index (χ4n) is 4.00. The van der Waals surface area contributed by atoms with E-state index in [-0.39, 0.29) is 11.5 Å². The molecule has 25 heavy (non-hydrogen) atoms. The van der Waals surface area contributed by atoms with Crippen LogP contribution in [0.25, 0.3) is 0 Å². The van der Waals surface area contributed by atoms with E-state index < -0.39 is 0 Å². The number of rotatable bonds is 6. The third kappa shape index (κ3) is 3.88. The maximum absolute atomic E-state index is 12.3. The Labute approximate surface area is 148 Å². The molecule has 3 aliphatic heterocycles. The molecule has 0 radical (unpaired) electrons. The predicted molar refractivity (Wildman–Crippen MR) is 93.2 cm³/mol. The van der Waals surface area contributed by atoms with Crippen LogP contribution in [0.1, 0.15) is 31.2 Å². The van der Waals surface area contributed by atoms with Crippen molar-refractivity contribution < 1.29 is 14.0 Å². The molecular weight excluding hydrogens is 320 g/mol. The van der Waals surface area contributed by atoms with Gasteiger partial charge in [0.2, 0.25) is 0 Å². The molecule has 0 saturated carbocycles. The highest BCUT2D eigenvalue weighted by Crippen LogP contribution is 2.34. The van der Waals surface area contributed by atoms with Gasteiger partial charge in [0, 0.05) is 51.1 Å². The normalized spacial score (nSPS) is 27.0. The van der Waals surface area contributed by atoms with E-state index in [1.165, 1.54) is 12.8 Å². The Morgan fingerprint density at radius 2 is 2.16 bits per heavy atom. The molecule has 1 N–H and O–H groups in total. The van der Waals surface area contributed by atoms with Crippen molar-refractivity contribution in [3.05, 3.63) is 24.2 Å². The average Bonchev–Trinajstić information content (AvgIpc) is 3.38. The molecule has 1 amide bonds. The lowest BCUT2D eigenvalue weighted by atomic mass is 9.96. The van der Waals surface area contributed by atoms with Gasteiger partial charge in [0.15, 0.2) is 5.60 Å². The summed E-state index contributed by atoms with van der Waals surface area (Å²) in [5, 5.41) is 7.09. The summed E-state index contributed by atoms with van der Waals surface area (Å²) in [6.45, 7) is 6.49. The summed E-state index contributed by atoms with van der Waals surface area (Å²) in [5.74, 6) is -0.0793. The Morgan fingerprint density at radius 3 is 2.96 bits per heavy atom. The highest BCUT2D eigenvalue weighted by Gasteiger charge is 2.46. The summed E-state index contributed by atoms with van der Waals surface area (Å²) in [6.07, 6.45) is 7.51. The van der Waals surface area contributed by atoms with Crippen molar-refractivity contribution in [3.63, 3.8) is 0 Å². The summed E-state index contributed by atoms with van der Waals surface area (Å²) in [5.41, 5.74) is 1.37. The van der Waals surface area contributed by atoms with E-state index in [9.17, 15) is 4.79 Å². The number of nitrogens with zero attached hydrogens (tertiary/aromatic N) is 3. The lowest BCUT2D eigenvalue weighted by molar-refractivity contribution is -0.114. The van der Waals surface area contributed by atoms with Crippen LogP contribution in [0.4, 0.5) is 0 Å². The van der Waals surface area contributed by atoms with Gasteiger partial charge >= 0.3 is 0 Å². The van der Waals surface area contributed by atoms with Crippen LogP contribution in [0, 0.1) is 0 Å². The van der Waals surface area contributed by atoms with Crippen molar-refractivity contribution in [2.24, 2.45) is 5.16 Å². The Hall–Kier alpha value is -1.86. The molecule has 4 heterocycles. The first kappa shape index (κ1) is 16.6. The minimum absolute atomic E-state index is 0.0793. The van der Waals surface area contributed by atoms with E-state index in [4.69, 9.17) is 9.25 Å². The zero-order valence-corrected chi connectivity index (χ0v) is 14.6. The zero-order chi connectivity index (χ0) is 17.1. The predicted octanol–water partition coefficient (Wildman–Crippen LogP) is 1.21. The quantitative estimate of drug-likeness (QED) is 0.838. The van der Waals surface area contributed by atoms with E-state index in [1.54, 1.807) is 12.5 Å². The average molecular weight is 346 g/mol. The van der Waals surface area contributed by atoms with Gasteiger partial charge in [-0.15, -0.1) is 0 Å². The number of hydrogen-bond donors (Lipinski definition) is 1. The molecule has 7 nitrogen and oxygen atoms in total. The maximum Gasteiger partial charge on any atom is 0.269 e. The monoisotopic (exact) mass is 346 g/mol. The number of amides is 1. The van der Waals surface area contributed by atoms with E-state index in [0.717, 1.165) is 51.3 Å². The van der Waals surface area contributed by atoms with Gasteiger partial charge in [0.25, 0.3) is 5.91 Å². The first-order valence-electron chi connectivity index (χ1n) is 9.22. The van der Waals surface area contributed by atoms with E-state index >= 15 is 0 Å². The maximum atomic E-state index is 12.3. The molecule has 4 rings (SSSR count). The van der Waals surface area contributed by atoms with E-state index in [1.807, 2.05) is 6.07 Å². The molecule has 0 bridgehead atoms. The van der Waals surface area contributed by atoms with Crippen molar-refractivity contribution in [1.82, 2.24) is 15.1 Å². The van der Waals surface area contributed by atoms with Gasteiger partial charge in [-0.3, -0.25) is 9.69 Å². The Balaban J connectivity index is 1.22. The van der Waals surface area contributed by atoms with Gasteiger partial charge in [0.05, 0.1) is 12.5 Å². The smallest absolute Gasteiger partial charge is 0.269 e. The lowest BCUT2D eigenvalue weighted by Crippen LogP contribution is -2.39. The molecule has 2 saturated heterocycles. The van der Waals surface area contributed by atoms with Crippen LogP contribution < -0.4 is 5.32 Å². The minimum Gasteiger partial charge on any atom is -0.472 e. The summed E-state index contributed by atoms with van der Waals surface area (Å²) < 4.78 is 5.13. The minimum atomic E-state index is -0.328. The molecule has 3 aliphatic rings. The van der Waals surface area contributed by atoms with Gasteiger partial charge in [-0.25, -0.2) is 0 Å². The standard InChI is InChI=1S/C18H26N4O3/c23-17(19-5-9-21-6-1-2-7-21)16-11-18(25-20-16)4-8-22(14-18)12-15-3-10-24-13-15/h3,10,13H,1-2,4-9,11-12,14H2,(H,19,23). The Kier molecular flexibility index (Phi) is 4.76. The molecule has 0 aromatic carbocycles. The fraction of sp³-hybridized carbons (Fsp3) is 0.667. The molecule has 0 aliphatic carbocycles. The first-order valence-corrected chi connectivity index (χ1v) is 9.22. The molecule has 136 valence electrons. The number of hydrogen-bond acceptors (Lipinski definition) is 6. The highest BCUT2D eigenvalue weighted by molar-refractivity contribution is 6.39. The molecule has 1 aromatic rings. The van der Waals surface area contributed by atoms with Crippen LogP contribution in [0.15, 0.2) is 28.2 Å². The third-order valence-electron chi connectivity index (χ3n) is 5.40. The summed E-state index contributed by atoms with van der Waals surface area (Å²) >= 11 is 0. The van der Waals surface area contributed by atoms with Crippen LogP contribution in [0.5, 0.6) is 0 Å².